The van der Waals surface area contributed by atoms with Crippen LogP contribution in [0.4, 0.5) is 4.39 Å². The van der Waals surface area contributed by atoms with E-state index in [1.54, 1.807) is 19.9 Å². The van der Waals surface area contributed by atoms with Gasteiger partial charge in [-0.15, -0.1) is 0 Å². The molecular weight excluding hydrogens is 275 g/mol. The highest BCUT2D eigenvalue weighted by molar-refractivity contribution is 9.10. The van der Waals surface area contributed by atoms with Crippen LogP contribution in [-0.2, 0) is 6.42 Å². The molecule has 0 aliphatic carbocycles. The van der Waals surface area contributed by atoms with E-state index in [0.29, 0.717) is 12.0 Å². The molecule has 0 saturated heterocycles. The Labute approximate surface area is 103 Å². The van der Waals surface area contributed by atoms with Gasteiger partial charge in [-0.25, -0.2) is 4.39 Å². The second-order valence-corrected chi connectivity index (χ2v) is 5.02. The van der Waals surface area contributed by atoms with E-state index in [9.17, 15) is 14.6 Å². The van der Waals surface area contributed by atoms with Crippen LogP contribution in [0.5, 0.6) is 0 Å². The summed E-state index contributed by atoms with van der Waals surface area (Å²) in [4.78, 5) is 0. The monoisotopic (exact) mass is 290 g/mol. The quantitative estimate of drug-likeness (QED) is 0.895. The van der Waals surface area contributed by atoms with Crippen molar-refractivity contribution in [2.45, 2.75) is 38.4 Å². The summed E-state index contributed by atoms with van der Waals surface area (Å²) in [5, 5.41) is 19.7. The Morgan fingerprint density at radius 1 is 1.50 bits per heavy atom. The van der Waals surface area contributed by atoms with Gasteiger partial charge in [0.1, 0.15) is 5.82 Å². The van der Waals surface area contributed by atoms with E-state index in [2.05, 4.69) is 15.9 Å². The molecule has 4 heteroatoms. The molecular formula is C12H16BrFO2. The summed E-state index contributed by atoms with van der Waals surface area (Å²) in [7, 11) is 0. The summed E-state index contributed by atoms with van der Waals surface area (Å²) >= 11 is 3.29. The second kappa shape index (κ2) is 5.25. The predicted molar refractivity (Wildman–Crippen MR) is 64.7 cm³/mol. The smallest absolute Gasteiger partial charge is 0.123 e. The summed E-state index contributed by atoms with van der Waals surface area (Å²) in [5.74, 6) is -0.346. The van der Waals surface area contributed by atoms with Gasteiger partial charge >= 0.3 is 0 Å². The normalized spacial score (nSPS) is 16.9. The molecule has 0 aliphatic heterocycles. The lowest BCUT2D eigenvalue weighted by atomic mass is 9.91. The Hall–Kier alpha value is -0.450. The van der Waals surface area contributed by atoms with Crippen LogP contribution < -0.4 is 0 Å². The molecule has 16 heavy (non-hydrogen) atoms. The molecule has 0 heterocycles. The van der Waals surface area contributed by atoms with Crippen LogP contribution in [0, 0.1) is 5.82 Å². The Balaban J connectivity index is 2.84. The Morgan fingerprint density at radius 2 is 2.12 bits per heavy atom. The third kappa shape index (κ3) is 3.27. The predicted octanol–water partition coefficient (Wildman–Crippen LogP) is 2.65. The van der Waals surface area contributed by atoms with Crippen LogP contribution in [0.25, 0.3) is 0 Å². The number of aliphatic hydroxyl groups excluding tert-OH is 1. The molecule has 0 amide bonds. The molecule has 1 aromatic rings. The molecule has 2 N–H and O–H groups in total. The van der Waals surface area contributed by atoms with Crippen molar-refractivity contribution in [3.8, 4) is 0 Å². The summed E-state index contributed by atoms with van der Waals surface area (Å²) < 4.78 is 13.7. The summed E-state index contributed by atoms with van der Waals surface area (Å²) in [6.45, 7) is 3.37. The van der Waals surface area contributed by atoms with Gasteiger partial charge in [0.2, 0.25) is 0 Å². The third-order valence-electron chi connectivity index (χ3n) is 2.85. The standard InChI is InChI=1S/C12H16BrFO2/c1-3-12(2,16)11(15)7-8-6-9(14)4-5-10(8)13/h4-6,11,15-16H,3,7H2,1-2H3. The molecule has 0 spiro atoms. The Kier molecular flexibility index (Phi) is 4.47. The van der Waals surface area contributed by atoms with Crippen LogP contribution in [0.3, 0.4) is 0 Å². The van der Waals surface area contributed by atoms with Crippen molar-refractivity contribution >= 4 is 15.9 Å². The zero-order valence-electron chi connectivity index (χ0n) is 9.37. The lowest BCUT2D eigenvalue weighted by Crippen LogP contribution is -2.40. The Bertz CT molecular complexity index is 366. The van der Waals surface area contributed by atoms with Crippen molar-refractivity contribution in [3.05, 3.63) is 34.1 Å². The first kappa shape index (κ1) is 13.6. The highest BCUT2D eigenvalue weighted by atomic mass is 79.9. The van der Waals surface area contributed by atoms with Crippen LogP contribution in [-0.4, -0.2) is 21.9 Å². The lowest BCUT2D eigenvalue weighted by Gasteiger charge is -2.28. The Morgan fingerprint density at radius 3 is 2.69 bits per heavy atom. The van der Waals surface area contributed by atoms with Gasteiger partial charge in [0.25, 0.3) is 0 Å². The molecule has 2 unspecified atom stereocenters. The first-order valence-corrected chi connectivity index (χ1v) is 6.00. The van der Waals surface area contributed by atoms with Gasteiger partial charge in [-0.1, -0.05) is 22.9 Å². The van der Waals surface area contributed by atoms with Gasteiger partial charge in [0, 0.05) is 10.9 Å². The number of hydrogen-bond donors (Lipinski definition) is 2. The minimum Gasteiger partial charge on any atom is -0.390 e. The second-order valence-electron chi connectivity index (χ2n) is 4.17. The number of hydrogen-bond acceptors (Lipinski definition) is 2. The fourth-order valence-corrected chi connectivity index (χ4v) is 1.77. The van der Waals surface area contributed by atoms with Crippen molar-refractivity contribution in [2.75, 3.05) is 0 Å². The van der Waals surface area contributed by atoms with E-state index in [1.807, 2.05) is 0 Å². The first-order chi connectivity index (χ1) is 7.36. The number of aliphatic hydroxyl groups is 2. The van der Waals surface area contributed by atoms with E-state index < -0.39 is 11.7 Å². The van der Waals surface area contributed by atoms with E-state index in [-0.39, 0.29) is 12.2 Å². The topological polar surface area (TPSA) is 40.5 Å². The number of halogens is 2. The van der Waals surface area contributed by atoms with Gasteiger partial charge in [-0.3, -0.25) is 0 Å². The van der Waals surface area contributed by atoms with Crippen LogP contribution >= 0.6 is 15.9 Å². The number of benzene rings is 1. The molecule has 0 bridgehead atoms. The van der Waals surface area contributed by atoms with Gasteiger partial charge in [0.05, 0.1) is 11.7 Å². The van der Waals surface area contributed by atoms with Gasteiger partial charge in [-0.05, 0) is 37.1 Å². The lowest BCUT2D eigenvalue weighted by molar-refractivity contribution is -0.0630. The summed E-state index contributed by atoms with van der Waals surface area (Å²) in [5.41, 5.74) is -0.493. The molecule has 2 nitrogen and oxygen atoms in total. The van der Waals surface area contributed by atoms with Crippen LogP contribution in [0.1, 0.15) is 25.8 Å². The van der Waals surface area contributed by atoms with Gasteiger partial charge in [-0.2, -0.15) is 0 Å². The zero-order valence-corrected chi connectivity index (χ0v) is 11.0. The third-order valence-corrected chi connectivity index (χ3v) is 3.63. The highest BCUT2D eigenvalue weighted by Crippen LogP contribution is 2.23. The fraction of sp³-hybridized carbons (Fsp3) is 0.500. The molecule has 90 valence electrons. The first-order valence-electron chi connectivity index (χ1n) is 5.21. The van der Waals surface area contributed by atoms with Crippen LogP contribution in [0.2, 0.25) is 0 Å². The molecule has 0 saturated carbocycles. The van der Waals surface area contributed by atoms with Gasteiger partial charge < -0.3 is 10.2 Å². The average molecular weight is 291 g/mol. The fourth-order valence-electron chi connectivity index (χ4n) is 1.36. The largest absolute Gasteiger partial charge is 0.390 e. The van der Waals surface area contributed by atoms with E-state index in [1.165, 1.54) is 12.1 Å². The van der Waals surface area contributed by atoms with Crippen molar-refractivity contribution in [2.24, 2.45) is 0 Å². The molecule has 2 atom stereocenters. The molecule has 0 aliphatic rings. The minimum atomic E-state index is -1.15. The van der Waals surface area contributed by atoms with Gasteiger partial charge in [0.15, 0.2) is 0 Å². The molecule has 1 rings (SSSR count). The van der Waals surface area contributed by atoms with Crippen molar-refractivity contribution in [1.29, 1.82) is 0 Å². The van der Waals surface area contributed by atoms with Crippen molar-refractivity contribution in [3.63, 3.8) is 0 Å². The highest BCUT2D eigenvalue weighted by Gasteiger charge is 2.28. The van der Waals surface area contributed by atoms with Crippen molar-refractivity contribution < 1.29 is 14.6 Å². The molecule has 0 aromatic heterocycles. The maximum absolute atomic E-state index is 13.0. The maximum atomic E-state index is 13.0. The zero-order chi connectivity index (χ0) is 12.3. The van der Waals surface area contributed by atoms with E-state index in [4.69, 9.17) is 0 Å². The SMILES string of the molecule is CCC(C)(O)C(O)Cc1cc(F)ccc1Br. The minimum absolute atomic E-state index is 0.221. The average Bonchev–Trinajstić information content (AvgIpc) is 2.23. The van der Waals surface area contributed by atoms with E-state index in [0.717, 1.165) is 4.47 Å². The van der Waals surface area contributed by atoms with Crippen molar-refractivity contribution in [1.82, 2.24) is 0 Å². The molecule has 0 fully saturated rings. The molecule has 1 aromatic carbocycles. The summed E-state index contributed by atoms with van der Waals surface area (Å²) in [6.07, 6.45) is -0.240. The van der Waals surface area contributed by atoms with E-state index >= 15 is 0 Å². The summed E-state index contributed by atoms with van der Waals surface area (Å²) in [6, 6.07) is 4.30. The van der Waals surface area contributed by atoms with Crippen LogP contribution in [0.15, 0.2) is 22.7 Å². The number of rotatable bonds is 4. The molecule has 0 radical (unpaired) electrons. The maximum Gasteiger partial charge on any atom is 0.123 e.